The Morgan fingerprint density at radius 1 is 1.39 bits per heavy atom. The van der Waals surface area contributed by atoms with E-state index in [9.17, 15) is 4.79 Å². The molecule has 92 valence electrons. The summed E-state index contributed by atoms with van der Waals surface area (Å²) in [6, 6.07) is 9.54. The van der Waals surface area contributed by atoms with Crippen LogP contribution in [-0.4, -0.2) is 23.0 Å². The molecular weight excluding hydrogens is 226 g/mol. The fourth-order valence-corrected chi connectivity index (χ4v) is 2.47. The van der Waals surface area contributed by atoms with Gasteiger partial charge in [0.05, 0.1) is 5.52 Å². The normalized spacial score (nSPS) is 23.4. The van der Waals surface area contributed by atoms with E-state index in [1.165, 1.54) is 0 Å². The van der Waals surface area contributed by atoms with Crippen molar-refractivity contribution in [3.05, 3.63) is 42.1 Å². The third kappa shape index (κ3) is 1.81. The maximum absolute atomic E-state index is 12.5. The number of aromatic nitrogens is 1. The van der Waals surface area contributed by atoms with Gasteiger partial charge in [-0.3, -0.25) is 9.78 Å². The van der Waals surface area contributed by atoms with Crippen LogP contribution in [0.5, 0.6) is 0 Å². The van der Waals surface area contributed by atoms with Crippen molar-refractivity contribution in [1.29, 1.82) is 0 Å². The number of hydrogen-bond acceptors (Lipinski definition) is 3. The van der Waals surface area contributed by atoms with E-state index in [4.69, 9.17) is 4.74 Å². The van der Waals surface area contributed by atoms with Crippen molar-refractivity contribution >= 4 is 16.7 Å². The number of Topliss-reactive ketones (excluding diaryl/α,β-unsaturated/α-hetero) is 1. The number of rotatable bonds is 2. The summed E-state index contributed by atoms with van der Waals surface area (Å²) in [5, 5.41) is 1.05. The largest absolute Gasteiger partial charge is 0.367 e. The van der Waals surface area contributed by atoms with Crippen molar-refractivity contribution in [2.75, 3.05) is 6.61 Å². The highest BCUT2D eigenvalue weighted by molar-refractivity contribution is 6.04. The summed E-state index contributed by atoms with van der Waals surface area (Å²) in [5.74, 6) is 0.0625. The lowest BCUT2D eigenvalue weighted by Gasteiger charge is -2.21. The second-order valence-electron chi connectivity index (χ2n) is 4.92. The van der Waals surface area contributed by atoms with Crippen LogP contribution < -0.4 is 0 Å². The molecule has 0 N–H and O–H groups in total. The van der Waals surface area contributed by atoms with Gasteiger partial charge in [-0.15, -0.1) is 0 Å². The monoisotopic (exact) mass is 241 g/mol. The molecule has 0 saturated carbocycles. The predicted molar refractivity (Wildman–Crippen MR) is 69.7 cm³/mol. The summed E-state index contributed by atoms with van der Waals surface area (Å²) >= 11 is 0. The van der Waals surface area contributed by atoms with Crippen LogP contribution >= 0.6 is 0 Å². The van der Waals surface area contributed by atoms with Gasteiger partial charge < -0.3 is 4.74 Å². The first-order valence-electron chi connectivity index (χ1n) is 6.23. The van der Waals surface area contributed by atoms with Gasteiger partial charge in [-0.2, -0.15) is 0 Å². The zero-order valence-electron chi connectivity index (χ0n) is 10.3. The van der Waals surface area contributed by atoms with Gasteiger partial charge in [-0.05, 0) is 31.9 Å². The summed E-state index contributed by atoms with van der Waals surface area (Å²) in [7, 11) is 0. The van der Waals surface area contributed by atoms with Gasteiger partial charge in [0, 0.05) is 23.8 Å². The average Bonchev–Trinajstić information content (AvgIpc) is 2.85. The molecule has 1 fully saturated rings. The first-order chi connectivity index (χ1) is 8.69. The Balaban J connectivity index is 2.01. The van der Waals surface area contributed by atoms with Crippen LogP contribution in [0.4, 0.5) is 0 Å². The van der Waals surface area contributed by atoms with Crippen LogP contribution in [0.15, 0.2) is 36.5 Å². The molecule has 1 aliphatic heterocycles. The van der Waals surface area contributed by atoms with E-state index >= 15 is 0 Å². The summed E-state index contributed by atoms with van der Waals surface area (Å²) in [4.78, 5) is 16.7. The predicted octanol–water partition coefficient (Wildman–Crippen LogP) is 2.99. The van der Waals surface area contributed by atoms with E-state index < -0.39 is 5.60 Å². The molecule has 0 amide bonds. The molecule has 1 unspecified atom stereocenters. The molecule has 1 atom stereocenters. The van der Waals surface area contributed by atoms with Crippen LogP contribution in [0.2, 0.25) is 0 Å². The minimum atomic E-state index is -0.650. The number of fused-ring (bicyclic) bond motifs is 1. The zero-order chi connectivity index (χ0) is 12.6. The van der Waals surface area contributed by atoms with Crippen molar-refractivity contribution < 1.29 is 9.53 Å². The number of hydrogen-bond donors (Lipinski definition) is 0. The highest BCUT2D eigenvalue weighted by Crippen LogP contribution is 2.29. The van der Waals surface area contributed by atoms with Crippen LogP contribution in [0.3, 0.4) is 0 Å². The molecule has 1 aromatic heterocycles. The molecule has 3 rings (SSSR count). The summed E-state index contributed by atoms with van der Waals surface area (Å²) < 4.78 is 5.60. The van der Waals surface area contributed by atoms with Gasteiger partial charge in [0.2, 0.25) is 0 Å². The quantitative estimate of drug-likeness (QED) is 0.759. The molecule has 1 aromatic carbocycles. The first kappa shape index (κ1) is 11.4. The molecule has 3 nitrogen and oxygen atoms in total. The Hall–Kier alpha value is -1.74. The van der Waals surface area contributed by atoms with Gasteiger partial charge in [-0.1, -0.05) is 18.2 Å². The molecule has 3 heteroatoms. The lowest BCUT2D eigenvalue weighted by molar-refractivity contribution is 0.0213. The third-order valence-electron chi connectivity index (χ3n) is 3.57. The minimum absolute atomic E-state index is 0.0625. The molecule has 0 radical (unpaired) electrons. The third-order valence-corrected chi connectivity index (χ3v) is 3.57. The van der Waals surface area contributed by atoms with E-state index in [1.54, 1.807) is 6.20 Å². The zero-order valence-corrected chi connectivity index (χ0v) is 10.3. The Labute approximate surface area is 106 Å². The maximum atomic E-state index is 12.5. The molecule has 1 saturated heterocycles. The Bertz CT molecular complexity index is 600. The number of carbonyl (C=O) groups is 1. The van der Waals surface area contributed by atoms with E-state index in [0.29, 0.717) is 12.2 Å². The summed E-state index contributed by atoms with van der Waals surface area (Å²) in [5.41, 5.74) is 0.887. The highest BCUT2D eigenvalue weighted by atomic mass is 16.5. The highest BCUT2D eigenvalue weighted by Gasteiger charge is 2.38. The number of nitrogens with zero attached hydrogens (tertiary/aromatic N) is 1. The van der Waals surface area contributed by atoms with E-state index in [1.807, 2.05) is 37.3 Å². The van der Waals surface area contributed by atoms with Crippen molar-refractivity contribution in [2.45, 2.75) is 25.4 Å². The Kier molecular flexibility index (Phi) is 2.63. The van der Waals surface area contributed by atoms with Crippen molar-refractivity contribution in [3.8, 4) is 0 Å². The Morgan fingerprint density at radius 3 is 3.06 bits per heavy atom. The molecule has 1 aliphatic rings. The van der Waals surface area contributed by atoms with Gasteiger partial charge in [-0.25, -0.2) is 0 Å². The lowest BCUT2D eigenvalue weighted by Crippen LogP contribution is -2.34. The topological polar surface area (TPSA) is 39.2 Å². The number of benzene rings is 1. The maximum Gasteiger partial charge on any atom is 0.194 e. The lowest BCUT2D eigenvalue weighted by atomic mass is 9.91. The smallest absolute Gasteiger partial charge is 0.194 e. The second kappa shape index (κ2) is 4.18. The van der Waals surface area contributed by atoms with Gasteiger partial charge in [0.15, 0.2) is 5.78 Å². The van der Waals surface area contributed by atoms with Gasteiger partial charge in [0.25, 0.3) is 0 Å². The number of pyridine rings is 1. The molecular formula is C15H15NO2. The Morgan fingerprint density at radius 2 is 2.28 bits per heavy atom. The van der Waals surface area contributed by atoms with Crippen molar-refractivity contribution in [3.63, 3.8) is 0 Å². The minimum Gasteiger partial charge on any atom is -0.367 e. The summed E-state index contributed by atoms with van der Waals surface area (Å²) in [6.07, 6.45) is 3.49. The first-order valence-corrected chi connectivity index (χ1v) is 6.23. The van der Waals surface area contributed by atoms with Crippen LogP contribution in [0, 0.1) is 0 Å². The van der Waals surface area contributed by atoms with E-state index in [-0.39, 0.29) is 5.78 Å². The van der Waals surface area contributed by atoms with Crippen LogP contribution in [-0.2, 0) is 4.74 Å². The molecule has 2 heterocycles. The molecule has 2 aromatic rings. The van der Waals surface area contributed by atoms with E-state index in [0.717, 1.165) is 23.7 Å². The molecule has 0 bridgehead atoms. The molecule has 18 heavy (non-hydrogen) atoms. The average molecular weight is 241 g/mol. The summed E-state index contributed by atoms with van der Waals surface area (Å²) in [6.45, 7) is 2.55. The standard InChI is InChI=1S/C15H15NO2/c1-15(7-3-9-18-15)14(17)12-6-5-11-4-2-8-16-13(11)10-12/h2,4-6,8,10H,3,7,9H2,1H3. The second-order valence-corrected chi connectivity index (χ2v) is 4.92. The number of carbonyl (C=O) groups excluding carboxylic acids is 1. The molecule has 0 spiro atoms. The van der Waals surface area contributed by atoms with E-state index in [2.05, 4.69) is 4.98 Å². The fourth-order valence-electron chi connectivity index (χ4n) is 2.47. The van der Waals surface area contributed by atoms with Crippen molar-refractivity contribution in [1.82, 2.24) is 4.98 Å². The van der Waals surface area contributed by atoms with Crippen molar-refractivity contribution in [2.24, 2.45) is 0 Å². The number of ketones is 1. The SMILES string of the molecule is CC1(C(=O)c2ccc3cccnc3c2)CCCO1. The van der Waals surface area contributed by atoms with Crippen LogP contribution in [0.1, 0.15) is 30.1 Å². The fraction of sp³-hybridized carbons (Fsp3) is 0.333. The number of ether oxygens (including phenoxy) is 1. The van der Waals surface area contributed by atoms with Crippen LogP contribution in [0.25, 0.3) is 10.9 Å². The van der Waals surface area contributed by atoms with Gasteiger partial charge >= 0.3 is 0 Å². The van der Waals surface area contributed by atoms with Gasteiger partial charge in [0.1, 0.15) is 5.60 Å². The molecule has 0 aliphatic carbocycles.